The van der Waals surface area contributed by atoms with Crippen LogP contribution in [0.15, 0.2) is 97.5 Å². The lowest BCUT2D eigenvalue weighted by atomic mass is 10.0. The minimum Gasteiger partial charge on any atom is -0.505 e. The van der Waals surface area contributed by atoms with Gasteiger partial charge in [-0.3, -0.25) is 14.8 Å². The predicted molar refractivity (Wildman–Crippen MR) is 158 cm³/mol. The molecule has 5 aromatic rings. The molecule has 2 heterocycles. The summed E-state index contributed by atoms with van der Waals surface area (Å²) in [5.41, 5.74) is 4.16. The van der Waals surface area contributed by atoms with Crippen molar-refractivity contribution in [1.82, 2.24) is 9.97 Å². The normalized spacial score (nSPS) is 10.6. The van der Waals surface area contributed by atoms with Gasteiger partial charge >= 0.3 is 0 Å². The van der Waals surface area contributed by atoms with Crippen LogP contribution in [0.25, 0.3) is 15.7 Å². The number of aryl methyl sites for hydroxylation is 1. The Balaban J connectivity index is 1.22. The van der Waals surface area contributed by atoms with Crippen LogP contribution < -0.4 is 14.2 Å². The maximum atomic E-state index is 12.6. The van der Waals surface area contributed by atoms with Crippen molar-refractivity contribution in [2.24, 2.45) is 0 Å². The Labute approximate surface area is 239 Å². The Hall–Kier alpha value is -5.22. The lowest BCUT2D eigenvalue weighted by Crippen LogP contribution is -2.06. The molecule has 7 heteroatoms. The molecule has 0 spiro atoms. The van der Waals surface area contributed by atoms with Gasteiger partial charge in [-0.2, -0.15) is 0 Å². The summed E-state index contributed by atoms with van der Waals surface area (Å²) >= 11 is 0. The van der Waals surface area contributed by atoms with Gasteiger partial charge in [-0.1, -0.05) is 24.3 Å². The first-order valence-corrected chi connectivity index (χ1v) is 13.3. The van der Waals surface area contributed by atoms with E-state index in [9.17, 15) is 4.79 Å². The fourth-order valence-electron chi connectivity index (χ4n) is 4.50. The van der Waals surface area contributed by atoms with Crippen LogP contribution in [-0.4, -0.2) is 29.5 Å². The molecule has 41 heavy (non-hydrogen) atoms. The Morgan fingerprint density at radius 1 is 0.805 bits per heavy atom. The molecule has 0 atom stereocenters. The van der Waals surface area contributed by atoms with Crippen molar-refractivity contribution in [3.8, 4) is 23.0 Å². The van der Waals surface area contributed by atoms with Gasteiger partial charge in [-0.15, -0.1) is 0 Å². The van der Waals surface area contributed by atoms with Crippen molar-refractivity contribution in [1.29, 1.82) is 0 Å². The van der Waals surface area contributed by atoms with Crippen LogP contribution in [0.4, 0.5) is 5.69 Å². The van der Waals surface area contributed by atoms with Crippen LogP contribution in [0.5, 0.6) is 23.0 Å². The summed E-state index contributed by atoms with van der Waals surface area (Å²) in [4.78, 5) is 24.8. The molecule has 0 unspecified atom stereocenters. The standard InChI is InChI=1S/C34H29N3O4/c1-35-32-22-30-31(23-34(32)40-19-3-4-24-13-16-36-17-14-24)37-18-15-33(30)41-29-11-7-26(8-12-29)21-27(38)20-25-5-9-28(39-2)10-6-25/h5-18,22-23H,3-4,19-21H2,2H3. The van der Waals surface area contributed by atoms with Gasteiger partial charge in [0, 0.05) is 36.8 Å². The summed E-state index contributed by atoms with van der Waals surface area (Å²) in [5, 5.41) is 0.724. The number of carbonyl (C=O) groups excluding carboxylic acids is 1. The van der Waals surface area contributed by atoms with Gasteiger partial charge < -0.3 is 14.2 Å². The SMILES string of the molecule is [C-]#[N+]c1cc2c(Oc3ccc(CC(=O)Cc4ccc(OC)cc4)cc3)ccnc2cc1OCCCc1ccncc1. The van der Waals surface area contributed by atoms with E-state index in [1.807, 2.05) is 60.7 Å². The van der Waals surface area contributed by atoms with Gasteiger partial charge in [-0.25, -0.2) is 4.85 Å². The van der Waals surface area contributed by atoms with Gasteiger partial charge in [0.25, 0.3) is 0 Å². The van der Waals surface area contributed by atoms with E-state index in [0.29, 0.717) is 47.9 Å². The Morgan fingerprint density at radius 2 is 1.49 bits per heavy atom. The molecule has 0 aliphatic rings. The number of hydrogen-bond donors (Lipinski definition) is 0. The number of rotatable bonds is 12. The number of pyridine rings is 2. The molecule has 7 nitrogen and oxygen atoms in total. The third kappa shape index (κ3) is 7.25. The van der Waals surface area contributed by atoms with Crippen LogP contribution in [0.3, 0.4) is 0 Å². The Bertz CT molecular complexity index is 1660. The highest BCUT2D eigenvalue weighted by Gasteiger charge is 2.12. The smallest absolute Gasteiger partial charge is 0.229 e. The first-order chi connectivity index (χ1) is 20.1. The summed E-state index contributed by atoms with van der Waals surface area (Å²) in [6.07, 6.45) is 7.63. The number of aromatic nitrogens is 2. The topological polar surface area (TPSA) is 74.9 Å². The molecule has 3 aromatic carbocycles. The maximum Gasteiger partial charge on any atom is 0.229 e. The average Bonchev–Trinajstić information content (AvgIpc) is 3.01. The highest BCUT2D eigenvalue weighted by atomic mass is 16.5. The number of carbonyl (C=O) groups is 1. The number of nitrogens with zero attached hydrogens (tertiary/aromatic N) is 3. The second-order valence-corrected chi connectivity index (χ2v) is 9.55. The third-order valence-corrected chi connectivity index (χ3v) is 6.63. The molecule has 0 N–H and O–H groups in total. The fourth-order valence-corrected chi connectivity index (χ4v) is 4.50. The molecule has 0 radical (unpaired) electrons. The van der Waals surface area contributed by atoms with Crippen LogP contribution in [0.1, 0.15) is 23.1 Å². The van der Waals surface area contributed by atoms with E-state index in [2.05, 4.69) is 14.8 Å². The molecule has 0 aliphatic carbocycles. The molecule has 5 rings (SSSR count). The molecule has 0 amide bonds. The van der Waals surface area contributed by atoms with E-state index in [4.69, 9.17) is 20.8 Å². The second-order valence-electron chi connectivity index (χ2n) is 9.55. The average molecular weight is 544 g/mol. The lowest BCUT2D eigenvalue weighted by Gasteiger charge is -2.12. The van der Waals surface area contributed by atoms with E-state index in [1.165, 1.54) is 5.56 Å². The molecule has 0 bridgehead atoms. The van der Waals surface area contributed by atoms with Gasteiger partial charge in [-0.05, 0) is 84.1 Å². The van der Waals surface area contributed by atoms with Crippen molar-refractivity contribution in [2.75, 3.05) is 13.7 Å². The number of methoxy groups -OCH3 is 1. The Morgan fingerprint density at radius 3 is 2.15 bits per heavy atom. The minimum atomic E-state index is 0.131. The maximum absolute atomic E-state index is 12.6. The second kappa shape index (κ2) is 13.2. The zero-order valence-corrected chi connectivity index (χ0v) is 22.7. The fraction of sp³-hybridized carbons (Fsp3) is 0.176. The van der Waals surface area contributed by atoms with E-state index >= 15 is 0 Å². The first kappa shape index (κ1) is 27.4. The van der Waals surface area contributed by atoms with E-state index in [0.717, 1.165) is 35.1 Å². The summed E-state index contributed by atoms with van der Waals surface area (Å²) < 4.78 is 17.3. The monoisotopic (exact) mass is 543 g/mol. The van der Waals surface area contributed by atoms with Crippen molar-refractivity contribution in [2.45, 2.75) is 25.7 Å². The van der Waals surface area contributed by atoms with Gasteiger partial charge in [0.1, 0.15) is 28.8 Å². The van der Waals surface area contributed by atoms with Gasteiger partial charge in [0.15, 0.2) is 0 Å². The van der Waals surface area contributed by atoms with Crippen LogP contribution in [-0.2, 0) is 24.1 Å². The molecule has 0 aliphatic heterocycles. The van der Waals surface area contributed by atoms with Gasteiger partial charge in [0.05, 0.1) is 25.8 Å². The quantitative estimate of drug-likeness (QED) is 0.121. The number of ketones is 1. The van der Waals surface area contributed by atoms with Crippen molar-refractivity contribution < 1.29 is 19.0 Å². The van der Waals surface area contributed by atoms with Crippen LogP contribution >= 0.6 is 0 Å². The number of fused-ring (bicyclic) bond motifs is 1. The van der Waals surface area contributed by atoms with E-state index < -0.39 is 0 Å². The number of ether oxygens (including phenoxy) is 3. The summed E-state index contributed by atoms with van der Waals surface area (Å²) in [5.74, 6) is 2.63. The first-order valence-electron chi connectivity index (χ1n) is 13.3. The Kier molecular flexibility index (Phi) is 8.82. The molecule has 0 saturated heterocycles. The molecule has 2 aromatic heterocycles. The summed E-state index contributed by atoms with van der Waals surface area (Å²) in [6.45, 7) is 8.17. The van der Waals surface area contributed by atoms with E-state index in [1.54, 1.807) is 43.9 Å². The van der Waals surface area contributed by atoms with Crippen LogP contribution in [0, 0.1) is 6.57 Å². The van der Waals surface area contributed by atoms with Crippen LogP contribution in [0.2, 0.25) is 0 Å². The highest BCUT2D eigenvalue weighted by Crippen LogP contribution is 2.37. The van der Waals surface area contributed by atoms with Crippen molar-refractivity contribution >= 4 is 22.4 Å². The molecular weight excluding hydrogens is 514 g/mol. The molecule has 0 saturated carbocycles. The molecule has 0 fully saturated rings. The van der Waals surface area contributed by atoms with Gasteiger partial charge in [0.2, 0.25) is 5.69 Å². The third-order valence-electron chi connectivity index (χ3n) is 6.63. The largest absolute Gasteiger partial charge is 0.505 e. The molecule has 204 valence electrons. The number of hydrogen-bond acceptors (Lipinski definition) is 6. The minimum absolute atomic E-state index is 0.131. The summed E-state index contributed by atoms with van der Waals surface area (Å²) in [7, 11) is 1.62. The zero-order chi connectivity index (χ0) is 28.4. The number of benzene rings is 3. The van der Waals surface area contributed by atoms with Crippen molar-refractivity contribution in [3.05, 3.63) is 126 Å². The lowest BCUT2D eigenvalue weighted by molar-refractivity contribution is -0.117. The number of Topliss-reactive ketones (excluding diaryl/α,β-unsaturated/α-hetero) is 1. The van der Waals surface area contributed by atoms with E-state index in [-0.39, 0.29) is 5.78 Å². The predicted octanol–water partition coefficient (Wildman–Crippen LogP) is 7.35. The summed E-state index contributed by atoms with van der Waals surface area (Å²) in [6, 6.07) is 24.3. The highest BCUT2D eigenvalue weighted by molar-refractivity contribution is 5.91. The van der Waals surface area contributed by atoms with Crippen molar-refractivity contribution in [3.63, 3.8) is 0 Å². The molecular formula is C34H29N3O4. The zero-order valence-electron chi connectivity index (χ0n) is 22.7.